The van der Waals surface area contributed by atoms with E-state index in [1.807, 2.05) is 26.8 Å². The minimum atomic E-state index is -3.77. The monoisotopic (exact) mass is 346 g/mol. The molecule has 0 saturated carbocycles. The Labute approximate surface area is 139 Å². The zero-order valence-corrected chi connectivity index (χ0v) is 14.5. The summed E-state index contributed by atoms with van der Waals surface area (Å²) in [5, 5.41) is 0. The largest absolute Gasteiger partial charge is 0.419 e. The first-order valence-corrected chi connectivity index (χ1v) is 9.03. The Kier molecular flexibility index (Phi) is 3.96. The maximum Gasteiger partial charge on any atom is 0.419 e. The number of rotatable bonds is 4. The molecule has 0 atom stereocenters. The number of sulfonamides is 1. The first kappa shape index (κ1) is 16.3. The van der Waals surface area contributed by atoms with E-state index in [1.165, 1.54) is 16.7 Å². The summed E-state index contributed by atoms with van der Waals surface area (Å²) in [4.78, 5) is 11.8. The average molecular weight is 346 g/mol. The molecule has 1 N–H and O–H groups in total. The molecule has 0 aliphatic heterocycles. The van der Waals surface area contributed by atoms with E-state index >= 15 is 0 Å². The van der Waals surface area contributed by atoms with E-state index < -0.39 is 15.8 Å². The highest BCUT2D eigenvalue weighted by Gasteiger charge is 2.17. The van der Waals surface area contributed by atoms with Gasteiger partial charge in [-0.05, 0) is 56.2 Å². The number of benzene rings is 2. The molecule has 0 aliphatic carbocycles. The molecule has 0 amide bonds. The van der Waals surface area contributed by atoms with Gasteiger partial charge in [-0.2, -0.15) is 0 Å². The van der Waals surface area contributed by atoms with Crippen LogP contribution < -0.4 is 10.5 Å². The summed E-state index contributed by atoms with van der Waals surface area (Å²) in [5.74, 6) is -0.496. The van der Waals surface area contributed by atoms with Crippen molar-refractivity contribution in [2.75, 3.05) is 4.72 Å². The quantitative estimate of drug-likeness (QED) is 0.787. The molecule has 3 aromatic rings. The summed E-state index contributed by atoms with van der Waals surface area (Å²) in [6.07, 6.45) is 0. The third-order valence-electron chi connectivity index (χ3n) is 3.74. The first-order valence-electron chi connectivity index (χ1n) is 7.54. The summed E-state index contributed by atoms with van der Waals surface area (Å²) in [6.45, 7) is 6.08. The van der Waals surface area contributed by atoms with Crippen LogP contribution in [0.3, 0.4) is 0 Å². The van der Waals surface area contributed by atoms with Gasteiger partial charge in [0.05, 0.1) is 10.4 Å². The average Bonchev–Trinajstić information content (AvgIpc) is 2.79. The highest BCUT2D eigenvalue weighted by Crippen LogP contribution is 2.22. The lowest BCUT2D eigenvalue weighted by molar-refractivity contribution is 0.512. The summed E-state index contributed by atoms with van der Waals surface area (Å²) in [6, 6.07) is 9.90. The van der Waals surface area contributed by atoms with Gasteiger partial charge < -0.3 is 4.42 Å². The van der Waals surface area contributed by atoms with E-state index in [0.29, 0.717) is 17.7 Å². The van der Waals surface area contributed by atoms with Gasteiger partial charge in [0.1, 0.15) is 0 Å². The van der Waals surface area contributed by atoms with Crippen molar-refractivity contribution >= 4 is 26.8 Å². The molecule has 0 spiro atoms. The van der Waals surface area contributed by atoms with Gasteiger partial charge >= 0.3 is 5.76 Å². The fourth-order valence-electron chi connectivity index (χ4n) is 2.76. The summed E-state index contributed by atoms with van der Waals surface area (Å²) < 4.78 is 34.3. The van der Waals surface area contributed by atoms with Crippen LogP contribution in [0.1, 0.15) is 18.1 Å². The molecular weight excluding hydrogens is 328 g/mol. The van der Waals surface area contributed by atoms with Crippen molar-refractivity contribution in [1.29, 1.82) is 0 Å². The molecule has 7 heteroatoms. The minimum Gasteiger partial charge on any atom is -0.408 e. The summed E-state index contributed by atoms with van der Waals surface area (Å²) in [5.41, 5.74) is 3.27. The van der Waals surface area contributed by atoms with Crippen molar-refractivity contribution in [3.05, 3.63) is 58.1 Å². The Balaban J connectivity index is 2.03. The lowest BCUT2D eigenvalue weighted by Gasteiger charge is -2.10. The zero-order chi connectivity index (χ0) is 17.5. The maximum absolute atomic E-state index is 12.6. The van der Waals surface area contributed by atoms with Gasteiger partial charge in [-0.25, -0.2) is 13.2 Å². The van der Waals surface area contributed by atoms with Crippen molar-refractivity contribution in [1.82, 2.24) is 4.57 Å². The number of oxazole rings is 1. The number of aromatic nitrogens is 1. The van der Waals surface area contributed by atoms with Crippen molar-refractivity contribution in [2.45, 2.75) is 32.2 Å². The Morgan fingerprint density at radius 2 is 1.75 bits per heavy atom. The zero-order valence-electron chi connectivity index (χ0n) is 13.7. The second kappa shape index (κ2) is 5.83. The number of hydrogen-bond acceptors (Lipinski definition) is 4. The standard InChI is InChI=1S/C17H18N2O4S/c1-4-19-15-6-5-14(10-16(15)23-17(19)20)24(21,22)18-13-8-11(2)7-12(3)9-13/h5-10,18H,4H2,1-3H3. The SMILES string of the molecule is CCn1c(=O)oc2cc(S(=O)(=O)Nc3cc(C)cc(C)c3)ccc21. The van der Waals surface area contributed by atoms with Gasteiger partial charge in [-0.15, -0.1) is 0 Å². The molecule has 0 radical (unpaired) electrons. The molecule has 1 aromatic heterocycles. The second-order valence-electron chi connectivity index (χ2n) is 5.72. The lowest BCUT2D eigenvalue weighted by Crippen LogP contribution is -2.13. The number of aryl methyl sites for hydroxylation is 3. The fraction of sp³-hybridized carbons (Fsp3) is 0.235. The normalized spacial score (nSPS) is 11.8. The van der Waals surface area contributed by atoms with Gasteiger partial charge in [0.2, 0.25) is 0 Å². The molecule has 3 rings (SSSR count). The highest BCUT2D eigenvalue weighted by molar-refractivity contribution is 7.92. The van der Waals surface area contributed by atoms with Crippen molar-refractivity contribution in [3.63, 3.8) is 0 Å². The van der Waals surface area contributed by atoms with Crippen molar-refractivity contribution in [2.24, 2.45) is 0 Å². The molecule has 24 heavy (non-hydrogen) atoms. The molecule has 6 nitrogen and oxygen atoms in total. The van der Waals surface area contributed by atoms with Gasteiger partial charge in [0, 0.05) is 18.3 Å². The Morgan fingerprint density at radius 1 is 1.08 bits per heavy atom. The van der Waals surface area contributed by atoms with E-state index in [4.69, 9.17) is 4.42 Å². The van der Waals surface area contributed by atoms with E-state index in [-0.39, 0.29) is 10.5 Å². The summed E-state index contributed by atoms with van der Waals surface area (Å²) in [7, 11) is -3.77. The number of fused-ring (bicyclic) bond motifs is 1. The smallest absolute Gasteiger partial charge is 0.408 e. The van der Waals surface area contributed by atoms with Crippen LogP contribution in [0.15, 0.2) is 50.5 Å². The number of nitrogens with zero attached hydrogens (tertiary/aromatic N) is 1. The molecule has 0 fully saturated rings. The van der Waals surface area contributed by atoms with Gasteiger partial charge in [-0.3, -0.25) is 9.29 Å². The second-order valence-corrected chi connectivity index (χ2v) is 7.41. The molecular formula is C17H18N2O4S. The summed E-state index contributed by atoms with van der Waals surface area (Å²) >= 11 is 0. The Morgan fingerprint density at radius 3 is 2.38 bits per heavy atom. The van der Waals surface area contributed by atoms with Crippen molar-refractivity contribution < 1.29 is 12.8 Å². The molecule has 2 aromatic carbocycles. The topological polar surface area (TPSA) is 81.3 Å². The Hall–Kier alpha value is -2.54. The molecule has 0 aliphatic rings. The van der Waals surface area contributed by atoms with Crippen molar-refractivity contribution in [3.8, 4) is 0 Å². The van der Waals surface area contributed by atoms with E-state index in [2.05, 4.69) is 4.72 Å². The van der Waals surface area contributed by atoms with E-state index in [9.17, 15) is 13.2 Å². The van der Waals surface area contributed by atoms with Crippen LogP contribution >= 0.6 is 0 Å². The van der Waals surface area contributed by atoms with Gasteiger partial charge in [-0.1, -0.05) is 6.07 Å². The molecule has 0 unspecified atom stereocenters. The molecule has 0 bridgehead atoms. The predicted octanol–water partition coefficient (Wildman–Crippen LogP) is 3.03. The van der Waals surface area contributed by atoms with Crippen LogP contribution in [0.25, 0.3) is 11.1 Å². The number of nitrogens with one attached hydrogen (secondary N) is 1. The maximum atomic E-state index is 12.6. The third kappa shape index (κ3) is 2.94. The number of anilines is 1. The minimum absolute atomic E-state index is 0.0474. The van der Waals surface area contributed by atoms with Gasteiger partial charge in [0.15, 0.2) is 5.58 Å². The van der Waals surface area contributed by atoms with Crippen LogP contribution in [0, 0.1) is 13.8 Å². The van der Waals surface area contributed by atoms with E-state index in [1.54, 1.807) is 18.2 Å². The van der Waals surface area contributed by atoms with E-state index in [0.717, 1.165) is 11.1 Å². The predicted molar refractivity (Wildman–Crippen MR) is 92.9 cm³/mol. The highest BCUT2D eigenvalue weighted by atomic mass is 32.2. The number of hydrogen-bond donors (Lipinski definition) is 1. The van der Waals surface area contributed by atoms with Crippen LogP contribution in [0.2, 0.25) is 0 Å². The fourth-order valence-corrected chi connectivity index (χ4v) is 3.82. The lowest BCUT2D eigenvalue weighted by atomic mass is 10.1. The van der Waals surface area contributed by atoms with Crippen LogP contribution in [0.4, 0.5) is 5.69 Å². The van der Waals surface area contributed by atoms with Crippen LogP contribution in [-0.4, -0.2) is 13.0 Å². The molecule has 126 valence electrons. The molecule has 0 saturated heterocycles. The third-order valence-corrected chi connectivity index (χ3v) is 5.12. The van der Waals surface area contributed by atoms with Crippen LogP contribution in [0.5, 0.6) is 0 Å². The van der Waals surface area contributed by atoms with Gasteiger partial charge in [0.25, 0.3) is 10.0 Å². The first-order chi connectivity index (χ1) is 11.3. The van der Waals surface area contributed by atoms with Crippen LogP contribution in [-0.2, 0) is 16.6 Å². The molecule has 1 heterocycles. The Bertz CT molecular complexity index is 1060.